The standard InChI is InChI=1S/C3H3Se/c1-2-4-3-1/h1-3H/q+1. The molecule has 0 aromatic heterocycles. The van der Waals surface area contributed by atoms with Crippen LogP contribution in [0.15, 0.2) is 11.1 Å². The van der Waals surface area contributed by atoms with Crippen molar-refractivity contribution < 1.29 is 0 Å². The van der Waals surface area contributed by atoms with Crippen LogP contribution in [0, 0.1) is 0 Å². The van der Waals surface area contributed by atoms with E-state index in [9.17, 15) is 0 Å². The van der Waals surface area contributed by atoms with Gasteiger partial charge in [0.25, 0.3) is 0 Å². The Morgan fingerprint density at radius 2 is 1.75 bits per heavy atom. The van der Waals surface area contributed by atoms with Gasteiger partial charge in [-0.3, -0.25) is 0 Å². The third-order valence-corrected chi connectivity index (χ3v) is 1.63. The monoisotopic (exact) mass is 119 g/mol. The van der Waals surface area contributed by atoms with Crippen molar-refractivity contribution in [3.05, 3.63) is 11.1 Å². The summed E-state index contributed by atoms with van der Waals surface area (Å²) in [7, 11) is 0. The molecule has 0 atom stereocenters. The zero-order valence-corrected chi connectivity index (χ0v) is 3.85. The number of hydrogen-bond donors (Lipinski definition) is 0. The minimum absolute atomic E-state index is 0.792. The van der Waals surface area contributed by atoms with Crippen LogP contribution in [0.1, 0.15) is 0 Å². The normalized spacial score (nSPS) is 16.0. The Morgan fingerprint density at radius 3 is 1.75 bits per heavy atom. The van der Waals surface area contributed by atoms with E-state index >= 15 is 0 Å². The Morgan fingerprint density at radius 1 is 1.50 bits per heavy atom. The van der Waals surface area contributed by atoms with Gasteiger partial charge in [-0.15, -0.1) is 0 Å². The van der Waals surface area contributed by atoms with Crippen molar-refractivity contribution in [1.82, 2.24) is 0 Å². The summed E-state index contributed by atoms with van der Waals surface area (Å²) in [5.74, 6) is 0. The van der Waals surface area contributed by atoms with Crippen LogP contribution in [0.4, 0.5) is 0 Å². The van der Waals surface area contributed by atoms with E-state index in [0.29, 0.717) is 0 Å². The molecule has 0 nitrogen and oxygen atoms in total. The minimum atomic E-state index is 0.792. The molecule has 0 amide bonds. The maximum atomic E-state index is 2.19. The molecule has 0 fully saturated rings. The second-order valence-electron chi connectivity index (χ2n) is 0.601. The van der Waals surface area contributed by atoms with Gasteiger partial charge in [-0.05, 0) is 0 Å². The van der Waals surface area contributed by atoms with E-state index in [0.717, 1.165) is 14.5 Å². The van der Waals surface area contributed by atoms with Crippen molar-refractivity contribution in [2.75, 3.05) is 0 Å². The fourth-order valence-corrected chi connectivity index (χ4v) is 0.408. The van der Waals surface area contributed by atoms with Gasteiger partial charge in [0.1, 0.15) is 0 Å². The Kier molecular flexibility index (Phi) is 0.493. The van der Waals surface area contributed by atoms with Crippen molar-refractivity contribution in [2.24, 2.45) is 0 Å². The van der Waals surface area contributed by atoms with Crippen molar-refractivity contribution in [3.63, 3.8) is 0 Å². The second kappa shape index (κ2) is 0.832. The van der Waals surface area contributed by atoms with Crippen molar-refractivity contribution >= 4 is 19.4 Å². The molecule has 1 heterocycles. The van der Waals surface area contributed by atoms with E-state index in [2.05, 4.69) is 16.0 Å². The summed E-state index contributed by atoms with van der Waals surface area (Å²) in [5, 5.41) is 0. The molecule has 0 N–H and O–H groups in total. The molecule has 0 radical (unpaired) electrons. The van der Waals surface area contributed by atoms with E-state index in [1.54, 1.807) is 0 Å². The van der Waals surface area contributed by atoms with Gasteiger partial charge < -0.3 is 0 Å². The topological polar surface area (TPSA) is 0 Å². The van der Waals surface area contributed by atoms with E-state index in [4.69, 9.17) is 0 Å². The second-order valence-corrected chi connectivity index (χ2v) is 2.31. The van der Waals surface area contributed by atoms with Crippen molar-refractivity contribution in [2.45, 2.75) is 0 Å². The molecule has 0 bridgehead atoms. The first-order valence-electron chi connectivity index (χ1n) is 1.14. The number of allylic oxidation sites excluding steroid dienone is 1. The average Bonchev–Trinajstić information content (AvgIpc) is 0.722. The molecule has 0 aromatic rings. The van der Waals surface area contributed by atoms with Crippen molar-refractivity contribution in [1.29, 1.82) is 0 Å². The summed E-state index contributed by atoms with van der Waals surface area (Å²) < 4.78 is 0. The summed E-state index contributed by atoms with van der Waals surface area (Å²) in [6, 6.07) is 0. The third-order valence-electron chi connectivity index (χ3n) is 0.314. The Bertz CT molecular complexity index is 43.7. The van der Waals surface area contributed by atoms with Gasteiger partial charge in [0.05, 0.1) is 0 Å². The molecule has 1 heteroatoms. The molecule has 0 saturated carbocycles. The van der Waals surface area contributed by atoms with Crippen LogP contribution in [0.2, 0.25) is 0 Å². The van der Waals surface area contributed by atoms with Gasteiger partial charge in [0.15, 0.2) is 0 Å². The molecule has 20 valence electrons. The predicted molar refractivity (Wildman–Crippen MR) is 21.0 cm³/mol. The van der Waals surface area contributed by atoms with Crippen LogP contribution in [0.25, 0.3) is 0 Å². The molecule has 1 aliphatic rings. The zero-order valence-electron chi connectivity index (χ0n) is 2.14. The Labute approximate surface area is 31.2 Å². The van der Waals surface area contributed by atoms with Gasteiger partial charge in [-0.25, -0.2) is 0 Å². The van der Waals surface area contributed by atoms with Crippen LogP contribution in [-0.4, -0.2) is 19.4 Å². The van der Waals surface area contributed by atoms with Crippen LogP contribution >= 0.6 is 0 Å². The molecule has 1 aliphatic heterocycles. The fraction of sp³-hybridized carbons (Fsp3) is 0. The summed E-state index contributed by atoms with van der Waals surface area (Å²) >= 11 is 0.792. The third kappa shape index (κ3) is 0.159. The Balaban J connectivity index is 2.67. The molecular weight excluding hydrogens is 115 g/mol. The predicted octanol–water partition coefficient (Wildman–Crippen LogP) is 0.0201. The van der Waals surface area contributed by atoms with Crippen molar-refractivity contribution in [3.8, 4) is 0 Å². The molecule has 0 aromatic carbocycles. The fourth-order valence-electron chi connectivity index (χ4n) is 0.0786. The van der Waals surface area contributed by atoms with E-state index in [-0.39, 0.29) is 0 Å². The molecular formula is C3H3Se+. The Hall–Kier alpha value is 0.129. The quantitative estimate of drug-likeness (QED) is 0.393. The van der Waals surface area contributed by atoms with Crippen LogP contribution in [0.3, 0.4) is 0 Å². The van der Waals surface area contributed by atoms with Gasteiger partial charge in [0.2, 0.25) is 0 Å². The first kappa shape index (κ1) is 2.37. The summed E-state index contributed by atoms with van der Waals surface area (Å²) in [5.41, 5.74) is 0. The van der Waals surface area contributed by atoms with E-state index in [1.165, 1.54) is 0 Å². The molecule has 0 spiro atoms. The van der Waals surface area contributed by atoms with Crippen LogP contribution < -0.4 is 0 Å². The van der Waals surface area contributed by atoms with Gasteiger partial charge in [-0.1, -0.05) is 0 Å². The SMILES string of the molecule is C1=C[Se+]=C1. The molecule has 0 aliphatic carbocycles. The maximum absolute atomic E-state index is 2.19. The van der Waals surface area contributed by atoms with E-state index < -0.39 is 0 Å². The molecule has 4 heavy (non-hydrogen) atoms. The van der Waals surface area contributed by atoms with Crippen LogP contribution in [-0.2, 0) is 0 Å². The summed E-state index contributed by atoms with van der Waals surface area (Å²) in [6.07, 6.45) is 2.08. The molecule has 0 unspecified atom stereocenters. The number of hydrogen-bond acceptors (Lipinski definition) is 0. The molecule has 1 rings (SSSR count). The van der Waals surface area contributed by atoms with Gasteiger partial charge in [-0.2, -0.15) is 0 Å². The summed E-state index contributed by atoms with van der Waals surface area (Å²) in [4.78, 5) is 4.38. The summed E-state index contributed by atoms with van der Waals surface area (Å²) in [6.45, 7) is 0. The molecule has 0 saturated heterocycles. The van der Waals surface area contributed by atoms with E-state index in [1.807, 2.05) is 0 Å². The van der Waals surface area contributed by atoms with Crippen LogP contribution in [0.5, 0.6) is 0 Å². The first-order chi connectivity index (χ1) is 2.00. The number of rotatable bonds is 0. The zero-order chi connectivity index (χ0) is 2.83. The average molecular weight is 118 g/mol. The first-order valence-corrected chi connectivity index (χ1v) is 3.12. The van der Waals surface area contributed by atoms with Gasteiger partial charge >= 0.3 is 30.5 Å². The van der Waals surface area contributed by atoms with Gasteiger partial charge in [0, 0.05) is 0 Å².